The van der Waals surface area contributed by atoms with Gasteiger partial charge in [-0.3, -0.25) is 9.59 Å². The van der Waals surface area contributed by atoms with Gasteiger partial charge >= 0.3 is 0 Å². The fraction of sp³-hybridized carbons (Fsp3) is 0.533. The second-order valence-corrected chi connectivity index (χ2v) is 11.6. The molecular weight excluding hydrogens is 481 g/mol. The number of benzene rings is 1. The fourth-order valence-electron chi connectivity index (χ4n) is 6.04. The van der Waals surface area contributed by atoms with Crippen LogP contribution in [0.1, 0.15) is 70.9 Å². The predicted molar refractivity (Wildman–Crippen MR) is 147 cm³/mol. The summed E-state index contributed by atoms with van der Waals surface area (Å²) in [5, 5.41) is 3.00. The monoisotopic (exact) mass is 519 g/mol. The molecule has 2 aliphatic rings. The maximum atomic E-state index is 15.0. The standard InChI is InChI=1S/C30H38FN5O2/c1-18(2)36-17-33-29-25(31)12-23(13-26(29)36)24-14-27(32-15-20(24)4)34-30(38)22-7-5-6-21(10-22)11-28(37)35-9-8-19(3)16-35/h12-15,17-19,21-22H,5-11,16H2,1-4H3,(H,32,34,38)/t19-,21+,22-/m0/s1. The Bertz CT molecular complexity index is 1350. The Morgan fingerprint density at radius 3 is 2.71 bits per heavy atom. The summed E-state index contributed by atoms with van der Waals surface area (Å²) in [7, 11) is 0. The van der Waals surface area contributed by atoms with Crippen LogP contribution in [0.4, 0.5) is 10.2 Å². The van der Waals surface area contributed by atoms with Crippen molar-refractivity contribution in [1.82, 2.24) is 19.4 Å². The van der Waals surface area contributed by atoms with Crippen LogP contribution in [0.3, 0.4) is 0 Å². The van der Waals surface area contributed by atoms with Crippen LogP contribution in [-0.4, -0.2) is 44.3 Å². The summed E-state index contributed by atoms with van der Waals surface area (Å²) in [6.45, 7) is 9.90. The number of carbonyl (C=O) groups excluding carboxylic acids is 2. The van der Waals surface area contributed by atoms with E-state index in [0.717, 1.165) is 67.4 Å². The molecule has 1 aromatic carbocycles. The number of fused-ring (bicyclic) bond motifs is 1. The third-order valence-corrected chi connectivity index (χ3v) is 8.25. The van der Waals surface area contributed by atoms with Crippen molar-refractivity contribution in [3.05, 3.63) is 42.1 Å². The van der Waals surface area contributed by atoms with Gasteiger partial charge in [-0.15, -0.1) is 0 Å². The van der Waals surface area contributed by atoms with E-state index in [0.29, 0.717) is 23.7 Å². The van der Waals surface area contributed by atoms with Gasteiger partial charge in [0.25, 0.3) is 0 Å². The van der Waals surface area contributed by atoms with E-state index >= 15 is 0 Å². The summed E-state index contributed by atoms with van der Waals surface area (Å²) >= 11 is 0. The third kappa shape index (κ3) is 5.45. The van der Waals surface area contributed by atoms with Gasteiger partial charge in [-0.2, -0.15) is 0 Å². The second-order valence-electron chi connectivity index (χ2n) is 11.6. The Labute approximate surface area is 223 Å². The molecule has 1 saturated carbocycles. The minimum Gasteiger partial charge on any atom is -0.342 e. The quantitative estimate of drug-likeness (QED) is 0.425. The lowest BCUT2D eigenvalue weighted by atomic mass is 9.79. The summed E-state index contributed by atoms with van der Waals surface area (Å²) in [4.78, 5) is 36.7. The van der Waals surface area contributed by atoms with Crippen LogP contribution in [0, 0.1) is 30.5 Å². The lowest BCUT2D eigenvalue weighted by Crippen LogP contribution is -2.33. The average Bonchev–Trinajstić information content (AvgIpc) is 3.52. The van der Waals surface area contributed by atoms with Crippen molar-refractivity contribution in [3.8, 4) is 11.1 Å². The third-order valence-electron chi connectivity index (χ3n) is 8.25. The molecule has 2 aromatic heterocycles. The van der Waals surface area contributed by atoms with Crippen molar-refractivity contribution >= 4 is 28.7 Å². The van der Waals surface area contributed by atoms with E-state index in [4.69, 9.17) is 0 Å². The smallest absolute Gasteiger partial charge is 0.228 e. The normalized spacial score (nSPS) is 21.8. The zero-order chi connectivity index (χ0) is 27.0. The van der Waals surface area contributed by atoms with Crippen LogP contribution in [-0.2, 0) is 9.59 Å². The number of likely N-dealkylation sites (tertiary alicyclic amines) is 1. The van der Waals surface area contributed by atoms with Gasteiger partial charge in [0.15, 0.2) is 5.82 Å². The molecule has 38 heavy (non-hydrogen) atoms. The molecule has 0 bridgehead atoms. The predicted octanol–water partition coefficient (Wildman–Crippen LogP) is 6.13. The van der Waals surface area contributed by atoms with Crippen LogP contribution < -0.4 is 5.32 Å². The van der Waals surface area contributed by atoms with Crippen molar-refractivity contribution in [2.24, 2.45) is 17.8 Å². The van der Waals surface area contributed by atoms with Crippen LogP contribution in [0.2, 0.25) is 0 Å². The number of nitrogens with zero attached hydrogens (tertiary/aromatic N) is 4. The minimum atomic E-state index is -0.370. The van der Waals surface area contributed by atoms with Gasteiger partial charge < -0.3 is 14.8 Å². The summed E-state index contributed by atoms with van der Waals surface area (Å²) in [6.07, 6.45) is 8.47. The first-order chi connectivity index (χ1) is 18.2. The fourth-order valence-corrected chi connectivity index (χ4v) is 6.04. The molecule has 1 aliphatic heterocycles. The first kappa shape index (κ1) is 26.3. The Kier molecular flexibility index (Phi) is 7.50. The van der Waals surface area contributed by atoms with Crippen molar-refractivity contribution in [2.45, 2.75) is 72.3 Å². The van der Waals surface area contributed by atoms with Crippen LogP contribution in [0.5, 0.6) is 0 Å². The number of nitrogens with one attached hydrogen (secondary N) is 1. The highest BCUT2D eigenvalue weighted by atomic mass is 19.1. The minimum absolute atomic E-state index is 0.0567. The molecule has 1 saturated heterocycles. The molecule has 3 atom stereocenters. The van der Waals surface area contributed by atoms with Gasteiger partial charge in [-0.25, -0.2) is 14.4 Å². The number of anilines is 1. The van der Waals surface area contributed by atoms with E-state index in [9.17, 15) is 14.0 Å². The molecule has 3 heterocycles. The number of aryl methyl sites for hydroxylation is 1. The number of carbonyl (C=O) groups is 2. The first-order valence-electron chi connectivity index (χ1n) is 13.9. The highest BCUT2D eigenvalue weighted by Gasteiger charge is 2.31. The lowest BCUT2D eigenvalue weighted by Gasteiger charge is -2.29. The first-order valence-corrected chi connectivity index (χ1v) is 13.9. The maximum absolute atomic E-state index is 15.0. The van der Waals surface area contributed by atoms with Gasteiger partial charge in [0.2, 0.25) is 11.8 Å². The second kappa shape index (κ2) is 10.8. The van der Waals surface area contributed by atoms with Crippen LogP contribution >= 0.6 is 0 Å². The molecule has 0 radical (unpaired) electrons. The summed E-state index contributed by atoms with van der Waals surface area (Å²) < 4.78 is 16.9. The number of amides is 2. The van der Waals surface area contributed by atoms with E-state index in [1.807, 2.05) is 42.4 Å². The number of hydrogen-bond acceptors (Lipinski definition) is 4. The number of pyridine rings is 1. The van der Waals surface area contributed by atoms with E-state index in [-0.39, 0.29) is 35.5 Å². The average molecular weight is 520 g/mol. The van der Waals surface area contributed by atoms with Gasteiger partial charge in [0, 0.05) is 37.7 Å². The van der Waals surface area contributed by atoms with Crippen molar-refractivity contribution < 1.29 is 14.0 Å². The molecule has 8 heteroatoms. The van der Waals surface area contributed by atoms with Gasteiger partial charge in [-0.1, -0.05) is 13.3 Å². The van der Waals surface area contributed by atoms with E-state index in [1.54, 1.807) is 12.5 Å². The molecule has 2 amide bonds. The Hall–Kier alpha value is -3.29. The van der Waals surface area contributed by atoms with Crippen LogP contribution in [0.15, 0.2) is 30.7 Å². The summed E-state index contributed by atoms with van der Waals surface area (Å²) in [5.74, 6) is 0.936. The molecule has 5 rings (SSSR count). The van der Waals surface area contributed by atoms with E-state index < -0.39 is 0 Å². The molecule has 3 aromatic rings. The molecule has 1 N–H and O–H groups in total. The SMILES string of the molecule is Cc1cnc(NC(=O)[C@H]2CCC[C@@H](CC(=O)N3CC[C@H](C)C3)C2)cc1-c1cc(F)c2ncn(C(C)C)c2c1. The molecule has 202 valence electrons. The van der Waals surface area contributed by atoms with Crippen molar-refractivity contribution in [2.75, 3.05) is 18.4 Å². The molecular formula is C30H38FN5O2. The zero-order valence-corrected chi connectivity index (χ0v) is 22.8. The summed E-state index contributed by atoms with van der Waals surface area (Å²) in [5.41, 5.74) is 3.53. The largest absolute Gasteiger partial charge is 0.342 e. The van der Waals surface area contributed by atoms with Crippen molar-refractivity contribution in [3.63, 3.8) is 0 Å². The summed E-state index contributed by atoms with van der Waals surface area (Å²) in [6, 6.07) is 5.42. The number of aromatic nitrogens is 3. The lowest BCUT2D eigenvalue weighted by molar-refractivity contribution is -0.132. The molecule has 1 aliphatic carbocycles. The number of rotatable bonds is 6. The van der Waals surface area contributed by atoms with Gasteiger partial charge in [0.1, 0.15) is 11.3 Å². The number of imidazole rings is 1. The highest BCUT2D eigenvalue weighted by Crippen LogP contribution is 2.34. The van der Waals surface area contributed by atoms with Crippen LogP contribution in [0.25, 0.3) is 22.2 Å². The Balaban J connectivity index is 1.29. The topological polar surface area (TPSA) is 80.1 Å². The Morgan fingerprint density at radius 1 is 1.16 bits per heavy atom. The highest BCUT2D eigenvalue weighted by molar-refractivity contribution is 5.93. The number of halogens is 1. The van der Waals surface area contributed by atoms with E-state index in [1.165, 1.54) is 6.07 Å². The molecule has 2 fully saturated rings. The van der Waals surface area contributed by atoms with Gasteiger partial charge in [0.05, 0.1) is 11.8 Å². The molecule has 7 nitrogen and oxygen atoms in total. The van der Waals surface area contributed by atoms with Gasteiger partial charge in [-0.05, 0) is 93.2 Å². The Morgan fingerprint density at radius 2 is 1.97 bits per heavy atom. The zero-order valence-electron chi connectivity index (χ0n) is 22.8. The molecule has 0 spiro atoms. The maximum Gasteiger partial charge on any atom is 0.228 e. The van der Waals surface area contributed by atoms with E-state index in [2.05, 4.69) is 22.2 Å². The number of hydrogen-bond donors (Lipinski definition) is 1. The van der Waals surface area contributed by atoms with Crippen molar-refractivity contribution in [1.29, 1.82) is 0 Å². The molecule has 0 unspecified atom stereocenters.